The zero-order chi connectivity index (χ0) is 13.0. The fraction of sp³-hybridized carbons (Fsp3) is 0.643. The highest BCUT2D eigenvalue weighted by Gasteiger charge is 2.28. The quantitative estimate of drug-likeness (QED) is 0.796. The lowest BCUT2D eigenvalue weighted by atomic mass is 9.94. The molecule has 2 nitrogen and oxygen atoms in total. The molecule has 1 saturated carbocycles. The summed E-state index contributed by atoms with van der Waals surface area (Å²) in [7, 11) is 0. The van der Waals surface area contributed by atoms with Gasteiger partial charge in [0, 0.05) is 15.1 Å². The van der Waals surface area contributed by atoms with E-state index >= 15 is 0 Å². The van der Waals surface area contributed by atoms with Gasteiger partial charge >= 0.3 is 0 Å². The van der Waals surface area contributed by atoms with Crippen molar-refractivity contribution in [2.24, 2.45) is 5.92 Å². The first-order valence-electron chi connectivity index (χ1n) is 6.76. The van der Waals surface area contributed by atoms with Gasteiger partial charge in [-0.2, -0.15) is 0 Å². The van der Waals surface area contributed by atoms with Gasteiger partial charge in [0.25, 0.3) is 0 Å². The topological polar surface area (TPSA) is 24.9 Å². The molecule has 0 spiro atoms. The lowest BCUT2D eigenvalue weighted by Crippen LogP contribution is -2.29. The molecule has 0 aromatic carbocycles. The van der Waals surface area contributed by atoms with Gasteiger partial charge in [0.15, 0.2) is 0 Å². The van der Waals surface area contributed by atoms with Crippen molar-refractivity contribution in [3.05, 3.63) is 26.9 Å². The average molecular weight is 376 g/mol. The van der Waals surface area contributed by atoms with Gasteiger partial charge in [-0.05, 0) is 69.7 Å². The molecule has 0 amide bonds. The van der Waals surface area contributed by atoms with Crippen LogP contribution in [-0.2, 0) is 0 Å². The van der Waals surface area contributed by atoms with Crippen molar-refractivity contribution < 1.29 is 0 Å². The summed E-state index contributed by atoms with van der Waals surface area (Å²) in [6.07, 6.45) is 8.44. The minimum Gasteiger partial charge on any atom is -0.308 e. The van der Waals surface area contributed by atoms with Crippen molar-refractivity contribution in [3.8, 4) is 0 Å². The molecule has 18 heavy (non-hydrogen) atoms. The number of pyridine rings is 1. The van der Waals surface area contributed by atoms with Gasteiger partial charge in [0.2, 0.25) is 0 Å². The smallest absolute Gasteiger partial charge is 0.0718 e. The van der Waals surface area contributed by atoms with Gasteiger partial charge < -0.3 is 5.32 Å². The molecule has 2 rings (SSSR count). The Balaban J connectivity index is 2.20. The Morgan fingerprint density at radius 1 is 1.39 bits per heavy atom. The van der Waals surface area contributed by atoms with Crippen LogP contribution in [0, 0.1) is 5.92 Å². The summed E-state index contributed by atoms with van der Waals surface area (Å²) in [5.74, 6) is 0.738. The Kier molecular flexibility index (Phi) is 5.64. The number of halogens is 2. The molecule has 1 aliphatic carbocycles. The maximum atomic E-state index is 4.62. The highest BCUT2D eigenvalue weighted by atomic mass is 79.9. The zero-order valence-corrected chi connectivity index (χ0v) is 13.9. The third kappa shape index (κ3) is 3.55. The van der Waals surface area contributed by atoms with E-state index in [0.29, 0.717) is 6.04 Å². The van der Waals surface area contributed by atoms with E-state index in [2.05, 4.69) is 55.2 Å². The minimum atomic E-state index is 0.398. The van der Waals surface area contributed by atoms with Gasteiger partial charge in [-0.1, -0.05) is 19.8 Å². The summed E-state index contributed by atoms with van der Waals surface area (Å²) in [6, 6.07) is 2.49. The second kappa shape index (κ2) is 7.01. The first-order chi connectivity index (χ1) is 8.72. The number of rotatable bonds is 5. The van der Waals surface area contributed by atoms with Crippen LogP contribution in [0.25, 0.3) is 0 Å². The van der Waals surface area contributed by atoms with Crippen molar-refractivity contribution in [1.29, 1.82) is 0 Å². The molecule has 100 valence electrons. The summed E-state index contributed by atoms with van der Waals surface area (Å²) < 4.78 is 2.14. The molecule has 1 unspecified atom stereocenters. The van der Waals surface area contributed by atoms with Crippen molar-refractivity contribution in [1.82, 2.24) is 10.3 Å². The first kappa shape index (κ1) is 14.5. The summed E-state index contributed by atoms with van der Waals surface area (Å²) in [5, 5.41) is 3.68. The van der Waals surface area contributed by atoms with Crippen molar-refractivity contribution >= 4 is 31.9 Å². The van der Waals surface area contributed by atoms with E-state index in [1.165, 1.54) is 31.4 Å². The molecule has 1 fully saturated rings. The lowest BCUT2D eigenvalue weighted by molar-refractivity contribution is 0.360. The molecule has 1 aromatic rings. The van der Waals surface area contributed by atoms with Crippen molar-refractivity contribution in [3.63, 3.8) is 0 Å². The number of hydrogen-bond acceptors (Lipinski definition) is 2. The first-order valence-corrected chi connectivity index (χ1v) is 8.35. The van der Waals surface area contributed by atoms with Gasteiger partial charge in [-0.3, -0.25) is 4.98 Å². The molecule has 1 aliphatic rings. The van der Waals surface area contributed by atoms with Gasteiger partial charge in [-0.25, -0.2) is 0 Å². The number of nitrogens with zero attached hydrogens (tertiary/aromatic N) is 1. The Morgan fingerprint density at radius 3 is 2.72 bits per heavy atom. The minimum absolute atomic E-state index is 0.398. The predicted molar refractivity (Wildman–Crippen MR) is 82.6 cm³/mol. The highest BCUT2D eigenvalue weighted by molar-refractivity contribution is 9.11. The third-order valence-electron chi connectivity index (χ3n) is 3.62. The molecular formula is C14H20Br2N2. The molecule has 0 saturated heterocycles. The Labute approximate surface area is 126 Å². The SMILES string of the molecule is CCCNC(c1ncc(Br)cc1Br)C1CCCC1. The van der Waals surface area contributed by atoms with E-state index in [1.54, 1.807) is 0 Å². The largest absolute Gasteiger partial charge is 0.308 e. The van der Waals surface area contributed by atoms with Crippen molar-refractivity contribution in [2.75, 3.05) is 6.54 Å². The molecule has 1 N–H and O–H groups in total. The summed E-state index contributed by atoms with van der Waals surface area (Å²) in [5.41, 5.74) is 1.17. The summed E-state index contributed by atoms with van der Waals surface area (Å²) >= 11 is 7.12. The number of aromatic nitrogens is 1. The molecular weight excluding hydrogens is 356 g/mol. The summed E-state index contributed by atoms with van der Waals surface area (Å²) in [6.45, 7) is 3.27. The monoisotopic (exact) mass is 374 g/mol. The Morgan fingerprint density at radius 2 is 2.11 bits per heavy atom. The van der Waals surface area contributed by atoms with Crippen LogP contribution in [0.5, 0.6) is 0 Å². The van der Waals surface area contributed by atoms with E-state index in [9.17, 15) is 0 Å². The van der Waals surface area contributed by atoms with Crippen LogP contribution < -0.4 is 5.32 Å². The van der Waals surface area contributed by atoms with Crippen LogP contribution >= 0.6 is 31.9 Å². The molecule has 4 heteroatoms. The van der Waals surface area contributed by atoms with Gasteiger partial charge in [-0.15, -0.1) is 0 Å². The Bertz CT molecular complexity index is 389. The molecule has 1 heterocycles. The third-order valence-corrected chi connectivity index (χ3v) is 4.69. The predicted octanol–water partition coefficient (Wildman–Crippen LogP) is 4.84. The van der Waals surface area contributed by atoms with Crippen LogP contribution in [0.3, 0.4) is 0 Å². The Hall–Kier alpha value is 0.0700. The molecule has 1 atom stereocenters. The normalized spacial score (nSPS) is 18.2. The second-order valence-corrected chi connectivity index (χ2v) is 6.77. The lowest BCUT2D eigenvalue weighted by Gasteiger charge is -2.25. The van der Waals surface area contributed by atoms with E-state index in [-0.39, 0.29) is 0 Å². The van der Waals surface area contributed by atoms with Crippen LogP contribution in [0.4, 0.5) is 0 Å². The standard InChI is InChI=1S/C14H20Br2N2/c1-2-7-17-13(10-5-3-4-6-10)14-12(16)8-11(15)9-18-14/h8-10,13,17H,2-7H2,1H3. The summed E-state index contributed by atoms with van der Waals surface area (Å²) in [4.78, 5) is 4.62. The maximum Gasteiger partial charge on any atom is 0.0718 e. The van der Waals surface area contributed by atoms with Crippen LogP contribution in [0.1, 0.15) is 50.8 Å². The van der Waals surface area contributed by atoms with E-state index in [0.717, 1.165) is 27.8 Å². The zero-order valence-electron chi connectivity index (χ0n) is 10.8. The van der Waals surface area contributed by atoms with Crippen LogP contribution in [-0.4, -0.2) is 11.5 Å². The van der Waals surface area contributed by atoms with Gasteiger partial charge in [0.05, 0.1) is 11.7 Å². The fourth-order valence-corrected chi connectivity index (χ4v) is 3.97. The highest BCUT2D eigenvalue weighted by Crippen LogP contribution is 2.37. The molecule has 0 radical (unpaired) electrons. The van der Waals surface area contributed by atoms with Crippen molar-refractivity contribution in [2.45, 2.75) is 45.1 Å². The number of nitrogens with one attached hydrogen (secondary N) is 1. The molecule has 0 bridgehead atoms. The van der Waals surface area contributed by atoms with Gasteiger partial charge in [0.1, 0.15) is 0 Å². The molecule has 1 aromatic heterocycles. The maximum absolute atomic E-state index is 4.62. The average Bonchev–Trinajstić information content (AvgIpc) is 2.85. The molecule has 0 aliphatic heterocycles. The fourth-order valence-electron chi connectivity index (χ4n) is 2.73. The van der Waals surface area contributed by atoms with E-state index in [4.69, 9.17) is 0 Å². The van der Waals surface area contributed by atoms with Crippen LogP contribution in [0.15, 0.2) is 21.2 Å². The number of hydrogen-bond donors (Lipinski definition) is 1. The van der Waals surface area contributed by atoms with E-state index in [1.807, 2.05) is 6.20 Å². The second-order valence-electron chi connectivity index (χ2n) is 5.00. The van der Waals surface area contributed by atoms with Crippen LogP contribution in [0.2, 0.25) is 0 Å². The van der Waals surface area contributed by atoms with E-state index < -0.39 is 0 Å².